The Bertz CT molecular complexity index is 940. The number of carbonyl (C=O) groups is 2. The van der Waals surface area contributed by atoms with Crippen LogP contribution >= 0.6 is 0 Å². The van der Waals surface area contributed by atoms with Crippen LogP contribution in [0.25, 0.3) is 0 Å². The fourth-order valence-corrected chi connectivity index (χ4v) is 3.80. The van der Waals surface area contributed by atoms with Gasteiger partial charge in [0.2, 0.25) is 5.91 Å². The van der Waals surface area contributed by atoms with Gasteiger partial charge in [-0.3, -0.25) is 19.1 Å². The topological polar surface area (TPSA) is 98.0 Å². The summed E-state index contributed by atoms with van der Waals surface area (Å²) in [4.78, 5) is 37.7. The predicted octanol–water partition coefficient (Wildman–Crippen LogP) is 1.83. The van der Waals surface area contributed by atoms with E-state index in [9.17, 15) is 14.4 Å². The van der Waals surface area contributed by atoms with Crippen molar-refractivity contribution in [2.45, 2.75) is 64.6 Å². The van der Waals surface area contributed by atoms with Crippen molar-refractivity contribution in [3.63, 3.8) is 0 Å². The minimum absolute atomic E-state index is 0.0713. The molecule has 1 saturated carbocycles. The Hall–Kier alpha value is -2.90. The number of rotatable bonds is 6. The SMILES string of the molecule is Cc1c(C(C)NC(=O)Cn2cccc(C(=O)NC3CCCCC3)c2=O)cnn1C. The standard InChI is InChI=1S/C21H29N5O3/c1-14(18-12-22-25(3)15(18)2)23-19(27)13-26-11-7-10-17(21(26)29)20(28)24-16-8-5-4-6-9-16/h7,10-12,14,16H,4-6,8-9,13H2,1-3H3,(H,23,27)(H,24,28). The summed E-state index contributed by atoms with van der Waals surface area (Å²) in [5, 5.41) is 10.0. The lowest BCUT2D eigenvalue weighted by atomic mass is 9.95. The van der Waals surface area contributed by atoms with Crippen molar-refractivity contribution in [3.05, 3.63) is 51.7 Å². The Morgan fingerprint density at radius 2 is 2.00 bits per heavy atom. The van der Waals surface area contributed by atoms with E-state index in [0.29, 0.717) is 0 Å². The van der Waals surface area contributed by atoms with E-state index in [2.05, 4.69) is 15.7 Å². The van der Waals surface area contributed by atoms with E-state index in [1.54, 1.807) is 16.9 Å². The van der Waals surface area contributed by atoms with E-state index < -0.39 is 5.56 Å². The number of amides is 2. The van der Waals surface area contributed by atoms with Crippen molar-refractivity contribution < 1.29 is 9.59 Å². The lowest BCUT2D eigenvalue weighted by molar-refractivity contribution is -0.122. The van der Waals surface area contributed by atoms with Gasteiger partial charge in [0, 0.05) is 30.5 Å². The minimum Gasteiger partial charge on any atom is -0.349 e. The van der Waals surface area contributed by atoms with Gasteiger partial charge in [0.1, 0.15) is 12.1 Å². The van der Waals surface area contributed by atoms with Crippen molar-refractivity contribution in [1.29, 1.82) is 0 Å². The summed E-state index contributed by atoms with van der Waals surface area (Å²) in [5.74, 6) is -0.663. The molecule has 2 aromatic heterocycles. The lowest BCUT2D eigenvalue weighted by Crippen LogP contribution is -2.41. The predicted molar refractivity (Wildman–Crippen MR) is 110 cm³/mol. The zero-order valence-electron chi connectivity index (χ0n) is 17.3. The molecule has 2 heterocycles. The number of nitrogens with zero attached hydrogens (tertiary/aromatic N) is 3. The average Bonchev–Trinajstić information content (AvgIpc) is 3.03. The lowest BCUT2D eigenvalue weighted by Gasteiger charge is -2.22. The molecule has 0 aliphatic heterocycles. The van der Waals surface area contributed by atoms with Crippen LogP contribution in [0.2, 0.25) is 0 Å². The molecule has 1 atom stereocenters. The number of hydrogen-bond donors (Lipinski definition) is 2. The molecule has 1 unspecified atom stereocenters. The van der Waals surface area contributed by atoms with Crippen LogP contribution in [-0.4, -0.2) is 32.2 Å². The highest BCUT2D eigenvalue weighted by Gasteiger charge is 2.20. The minimum atomic E-state index is -0.457. The molecule has 0 aromatic carbocycles. The molecule has 0 radical (unpaired) electrons. The summed E-state index contributed by atoms with van der Waals surface area (Å²) in [6.07, 6.45) is 8.53. The first-order valence-corrected chi connectivity index (χ1v) is 10.1. The highest BCUT2D eigenvalue weighted by atomic mass is 16.2. The number of pyridine rings is 1. The van der Waals surface area contributed by atoms with Crippen LogP contribution in [-0.2, 0) is 18.4 Å². The second-order valence-electron chi connectivity index (χ2n) is 7.76. The van der Waals surface area contributed by atoms with E-state index in [4.69, 9.17) is 0 Å². The fraction of sp³-hybridized carbons (Fsp3) is 0.524. The molecule has 8 nitrogen and oxygen atoms in total. The molecule has 3 rings (SSSR count). The summed E-state index contributed by atoms with van der Waals surface area (Å²) >= 11 is 0. The van der Waals surface area contributed by atoms with Gasteiger partial charge in [0.15, 0.2) is 0 Å². The van der Waals surface area contributed by atoms with Crippen molar-refractivity contribution in [3.8, 4) is 0 Å². The summed E-state index contributed by atoms with van der Waals surface area (Å²) in [6.45, 7) is 3.66. The van der Waals surface area contributed by atoms with Gasteiger partial charge < -0.3 is 15.2 Å². The van der Waals surface area contributed by atoms with Gasteiger partial charge in [-0.2, -0.15) is 5.10 Å². The molecule has 0 saturated heterocycles. The second-order valence-corrected chi connectivity index (χ2v) is 7.76. The molecule has 1 aliphatic carbocycles. The van der Waals surface area contributed by atoms with Crippen LogP contribution in [0.3, 0.4) is 0 Å². The third-order valence-corrected chi connectivity index (χ3v) is 5.64. The number of aryl methyl sites for hydroxylation is 1. The molecular weight excluding hydrogens is 370 g/mol. The van der Waals surface area contributed by atoms with Crippen molar-refractivity contribution in [2.24, 2.45) is 7.05 Å². The molecule has 0 spiro atoms. The van der Waals surface area contributed by atoms with Crippen LogP contribution in [0.5, 0.6) is 0 Å². The molecule has 2 N–H and O–H groups in total. The Kier molecular flexibility index (Phi) is 6.51. The van der Waals surface area contributed by atoms with Crippen molar-refractivity contribution >= 4 is 11.8 Å². The maximum absolute atomic E-state index is 12.7. The van der Waals surface area contributed by atoms with Gasteiger partial charge in [0.05, 0.1) is 12.2 Å². The van der Waals surface area contributed by atoms with Gasteiger partial charge in [-0.15, -0.1) is 0 Å². The normalized spacial score (nSPS) is 15.7. The third-order valence-electron chi connectivity index (χ3n) is 5.64. The zero-order chi connectivity index (χ0) is 21.0. The molecule has 0 bridgehead atoms. The molecule has 1 fully saturated rings. The van der Waals surface area contributed by atoms with Gasteiger partial charge in [-0.05, 0) is 38.8 Å². The fourth-order valence-electron chi connectivity index (χ4n) is 3.80. The largest absolute Gasteiger partial charge is 0.349 e. The summed E-state index contributed by atoms with van der Waals surface area (Å²) in [7, 11) is 1.84. The number of carbonyl (C=O) groups excluding carboxylic acids is 2. The Labute approximate surface area is 170 Å². The van der Waals surface area contributed by atoms with E-state index >= 15 is 0 Å². The summed E-state index contributed by atoms with van der Waals surface area (Å²) < 4.78 is 3.02. The molecule has 156 valence electrons. The van der Waals surface area contributed by atoms with Crippen molar-refractivity contribution in [2.75, 3.05) is 0 Å². The number of hydrogen-bond acceptors (Lipinski definition) is 4. The first-order chi connectivity index (χ1) is 13.9. The molecule has 2 amide bonds. The second kappa shape index (κ2) is 9.07. The Balaban J connectivity index is 1.65. The molecule has 2 aromatic rings. The quantitative estimate of drug-likeness (QED) is 0.774. The highest BCUT2D eigenvalue weighted by Crippen LogP contribution is 2.18. The van der Waals surface area contributed by atoms with Gasteiger partial charge >= 0.3 is 0 Å². The van der Waals surface area contributed by atoms with Crippen LogP contribution in [0.4, 0.5) is 0 Å². The molecular formula is C21H29N5O3. The van der Waals surface area contributed by atoms with Crippen LogP contribution in [0.15, 0.2) is 29.3 Å². The summed E-state index contributed by atoms with van der Waals surface area (Å²) in [5.41, 5.74) is 1.51. The summed E-state index contributed by atoms with van der Waals surface area (Å²) in [6, 6.07) is 3.02. The van der Waals surface area contributed by atoms with Gasteiger partial charge in [0.25, 0.3) is 11.5 Å². The molecule has 8 heteroatoms. The maximum Gasteiger partial charge on any atom is 0.263 e. The van der Waals surface area contributed by atoms with Crippen molar-refractivity contribution in [1.82, 2.24) is 25.0 Å². The zero-order valence-corrected chi connectivity index (χ0v) is 17.3. The van der Waals surface area contributed by atoms with Crippen LogP contribution in [0, 0.1) is 6.92 Å². The average molecular weight is 399 g/mol. The van der Waals surface area contributed by atoms with Crippen LogP contribution in [0.1, 0.15) is 66.7 Å². The number of aromatic nitrogens is 3. The first kappa shape index (κ1) is 20.8. The van der Waals surface area contributed by atoms with Crippen LogP contribution < -0.4 is 16.2 Å². The highest BCUT2D eigenvalue weighted by molar-refractivity contribution is 5.94. The molecule has 29 heavy (non-hydrogen) atoms. The Morgan fingerprint density at radius 1 is 1.28 bits per heavy atom. The van der Waals surface area contributed by atoms with Gasteiger partial charge in [-0.25, -0.2) is 0 Å². The van der Waals surface area contributed by atoms with E-state index in [1.165, 1.54) is 23.3 Å². The smallest absolute Gasteiger partial charge is 0.263 e. The van der Waals surface area contributed by atoms with E-state index in [-0.39, 0.29) is 36.0 Å². The Morgan fingerprint density at radius 3 is 2.66 bits per heavy atom. The third kappa shape index (κ3) is 4.93. The molecule has 1 aliphatic rings. The first-order valence-electron chi connectivity index (χ1n) is 10.1. The number of nitrogens with one attached hydrogen (secondary N) is 2. The van der Waals surface area contributed by atoms with E-state index in [0.717, 1.165) is 36.9 Å². The monoisotopic (exact) mass is 399 g/mol. The van der Waals surface area contributed by atoms with E-state index in [1.807, 2.05) is 20.9 Å². The maximum atomic E-state index is 12.7. The van der Waals surface area contributed by atoms with Gasteiger partial charge in [-0.1, -0.05) is 19.3 Å².